The van der Waals surface area contributed by atoms with Crippen LogP contribution in [0.4, 0.5) is 0 Å². The van der Waals surface area contributed by atoms with E-state index in [4.69, 9.17) is 0 Å². The average Bonchev–Trinajstić information content (AvgIpc) is 3.16. The molecular formula is C15H17N5. The number of para-hydroxylation sites is 1. The first kappa shape index (κ1) is 12.6. The minimum Gasteiger partial charge on any atom is -0.336 e. The van der Waals surface area contributed by atoms with Gasteiger partial charge in [0, 0.05) is 38.2 Å². The summed E-state index contributed by atoms with van der Waals surface area (Å²) in [5.41, 5.74) is 2.12. The molecule has 0 bridgehead atoms. The molecule has 2 heterocycles. The van der Waals surface area contributed by atoms with Gasteiger partial charge in [-0.25, -0.2) is 9.67 Å². The Morgan fingerprint density at radius 2 is 1.95 bits per heavy atom. The third-order valence-electron chi connectivity index (χ3n) is 3.08. The first-order chi connectivity index (χ1) is 9.92. The molecule has 0 aliphatic carbocycles. The number of nitrogens with one attached hydrogen (secondary N) is 1. The zero-order valence-electron chi connectivity index (χ0n) is 11.2. The summed E-state index contributed by atoms with van der Waals surface area (Å²) in [7, 11) is 0. The number of hydrogen-bond donors (Lipinski definition) is 1. The normalized spacial score (nSPS) is 10.8. The third kappa shape index (κ3) is 3.13. The van der Waals surface area contributed by atoms with Crippen LogP contribution in [0.15, 0.2) is 61.3 Å². The van der Waals surface area contributed by atoms with Crippen LogP contribution in [-0.2, 0) is 13.1 Å². The van der Waals surface area contributed by atoms with Gasteiger partial charge in [0.2, 0.25) is 0 Å². The highest BCUT2D eigenvalue weighted by Gasteiger charge is 2.00. The highest BCUT2D eigenvalue weighted by molar-refractivity contribution is 5.30. The SMILES string of the molecule is c1ccc(-n2ccc(CNCCn3ccnc3)n2)cc1. The third-order valence-corrected chi connectivity index (χ3v) is 3.08. The summed E-state index contributed by atoms with van der Waals surface area (Å²) in [5.74, 6) is 0. The predicted octanol–water partition coefficient (Wildman–Crippen LogP) is 1.86. The molecule has 0 saturated carbocycles. The summed E-state index contributed by atoms with van der Waals surface area (Å²) in [6, 6.07) is 12.2. The van der Waals surface area contributed by atoms with Gasteiger partial charge in [-0.3, -0.25) is 0 Å². The molecule has 0 atom stereocenters. The lowest BCUT2D eigenvalue weighted by Gasteiger charge is -2.03. The lowest BCUT2D eigenvalue weighted by Crippen LogP contribution is -2.19. The molecule has 0 spiro atoms. The lowest BCUT2D eigenvalue weighted by atomic mass is 10.3. The van der Waals surface area contributed by atoms with E-state index >= 15 is 0 Å². The van der Waals surface area contributed by atoms with Gasteiger partial charge in [0.1, 0.15) is 0 Å². The van der Waals surface area contributed by atoms with Crippen LogP contribution < -0.4 is 5.32 Å². The molecule has 1 aromatic carbocycles. The summed E-state index contributed by atoms with van der Waals surface area (Å²) in [4.78, 5) is 4.02. The van der Waals surface area contributed by atoms with Crippen LogP contribution in [0.2, 0.25) is 0 Å². The molecule has 1 N–H and O–H groups in total. The quantitative estimate of drug-likeness (QED) is 0.693. The van der Waals surface area contributed by atoms with Crippen LogP contribution in [0.1, 0.15) is 5.69 Å². The summed E-state index contributed by atoms with van der Waals surface area (Å²) in [6.45, 7) is 2.59. The first-order valence-electron chi connectivity index (χ1n) is 6.68. The zero-order chi connectivity index (χ0) is 13.6. The van der Waals surface area contributed by atoms with Gasteiger partial charge in [-0.2, -0.15) is 5.10 Å². The minimum absolute atomic E-state index is 0.772. The molecule has 3 aromatic rings. The van der Waals surface area contributed by atoms with Gasteiger partial charge in [0.15, 0.2) is 0 Å². The van der Waals surface area contributed by atoms with Crippen molar-refractivity contribution in [2.24, 2.45) is 0 Å². The van der Waals surface area contributed by atoms with Crippen molar-refractivity contribution >= 4 is 0 Å². The van der Waals surface area contributed by atoms with Crippen LogP contribution in [0.25, 0.3) is 5.69 Å². The second kappa shape index (κ2) is 6.16. The van der Waals surface area contributed by atoms with Crippen molar-refractivity contribution in [3.63, 3.8) is 0 Å². The standard InChI is InChI=1S/C15H17N5/c1-2-4-15(5-3-1)20-9-6-14(18-20)12-16-7-10-19-11-8-17-13-19/h1-6,8-9,11,13,16H,7,10,12H2. The molecule has 0 unspecified atom stereocenters. The van der Waals surface area contributed by atoms with E-state index in [-0.39, 0.29) is 0 Å². The molecule has 5 nitrogen and oxygen atoms in total. The molecule has 0 fully saturated rings. The molecule has 20 heavy (non-hydrogen) atoms. The number of hydrogen-bond acceptors (Lipinski definition) is 3. The summed E-state index contributed by atoms with van der Waals surface area (Å²) in [5, 5.41) is 7.93. The van der Waals surface area contributed by atoms with Gasteiger partial charge < -0.3 is 9.88 Å². The Labute approximate surface area is 117 Å². The average molecular weight is 267 g/mol. The second-order valence-electron chi connectivity index (χ2n) is 4.56. The summed E-state index contributed by atoms with van der Waals surface area (Å²) < 4.78 is 3.95. The van der Waals surface area contributed by atoms with Crippen LogP contribution in [-0.4, -0.2) is 25.9 Å². The molecule has 102 valence electrons. The van der Waals surface area contributed by atoms with Crippen LogP contribution in [0, 0.1) is 0 Å². The summed E-state index contributed by atoms with van der Waals surface area (Å²) >= 11 is 0. The number of nitrogens with zero attached hydrogens (tertiary/aromatic N) is 4. The Kier molecular flexibility index (Phi) is 3.89. The van der Waals surface area contributed by atoms with Gasteiger partial charge in [-0.05, 0) is 18.2 Å². The van der Waals surface area contributed by atoms with Gasteiger partial charge in [0.25, 0.3) is 0 Å². The van der Waals surface area contributed by atoms with Crippen molar-refractivity contribution in [3.8, 4) is 5.69 Å². The van der Waals surface area contributed by atoms with E-state index in [1.807, 2.05) is 59.8 Å². The van der Waals surface area contributed by atoms with Crippen molar-refractivity contribution < 1.29 is 0 Å². The lowest BCUT2D eigenvalue weighted by molar-refractivity contribution is 0.589. The highest BCUT2D eigenvalue weighted by atomic mass is 15.3. The molecular weight excluding hydrogens is 250 g/mol. The Hall–Kier alpha value is -2.40. The van der Waals surface area contributed by atoms with Crippen molar-refractivity contribution in [1.29, 1.82) is 0 Å². The van der Waals surface area contributed by atoms with Crippen LogP contribution >= 0.6 is 0 Å². The monoisotopic (exact) mass is 267 g/mol. The molecule has 5 heteroatoms. The fourth-order valence-corrected chi connectivity index (χ4v) is 2.02. The maximum Gasteiger partial charge on any atom is 0.0946 e. The van der Waals surface area contributed by atoms with E-state index in [0.29, 0.717) is 0 Å². The zero-order valence-corrected chi connectivity index (χ0v) is 11.2. The van der Waals surface area contributed by atoms with E-state index in [9.17, 15) is 0 Å². The van der Waals surface area contributed by atoms with Gasteiger partial charge in [-0.15, -0.1) is 0 Å². The van der Waals surface area contributed by atoms with Crippen LogP contribution in [0.3, 0.4) is 0 Å². The predicted molar refractivity (Wildman–Crippen MR) is 77.5 cm³/mol. The van der Waals surface area contributed by atoms with Crippen molar-refractivity contribution in [2.75, 3.05) is 6.54 Å². The molecule has 3 rings (SSSR count). The fourth-order valence-electron chi connectivity index (χ4n) is 2.02. The number of rotatable bonds is 6. The Morgan fingerprint density at radius 1 is 1.05 bits per heavy atom. The van der Waals surface area contributed by atoms with Crippen molar-refractivity contribution in [1.82, 2.24) is 24.6 Å². The van der Waals surface area contributed by atoms with Crippen molar-refractivity contribution in [2.45, 2.75) is 13.1 Å². The van der Waals surface area contributed by atoms with Gasteiger partial charge >= 0.3 is 0 Å². The second-order valence-corrected chi connectivity index (χ2v) is 4.56. The fraction of sp³-hybridized carbons (Fsp3) is 0.200. The van der Waals surface area contributed by atoms with E-state index < -0.39 is 0 Å². The molecule has 0 aliphatic heterocycles. The smallest absolute Gasteiger partial charge is 0.0946 e. The Bertz CT molecular complexity index is 627. The van der Waals surface area contributed by atoms with E-state index in [2.05, 4.69) is 20.0 Å². The van der Waals surface area contributed by atoms with E-state index in [1.54, 1.807) is 6.20 Å². The van der Waals surface area contributed by atoms with E-state index in [1.165, 1.54) is 0 Å². The maximum absolute atomic E-state index is 4.55. The Balaban J connectivity index is 1.50. The molecule has 0 aliphatic rings. The molecule has 0 radical (unpaired) electrons. The number of aromatic nitrogens is 4. The molecule has 2 aromatic heterocycles. The molecule has 0 amide bonds. The molecule has 0 saturated heterocycles. The van der Waals surface area contributed by atoms with Gasteiger partial charge in [0.05, 0.1) is 17.7 Å². The minimum atomic E-state index is 0.772. The first-order valence-corrected chi connectivity index (χ1v) is 6.68. The van der Waals surface area contributed by atoms with Gasteiger partial charge in [-0.1, -0.05) is 18.2 Å². The van der Waals surface area contributed by atoms with E-state index in [0.717, 1.165) is 31.0 Å². The number of benzene rings is 1. The maximum atomic E-state index is 4.55. The topological polar surface area (TPSA) is 47.7 Å². The van der Waals surface area contributed by atoms with Crippen molar-refractivity contribution in [3.05, 3.63) is 67.0 Å². The highest BCUT2D eigenvalue weighted by Crippen LogP contribution is 2.06. The number of imidazole rings is 1. The largest absolute Gasteiger partial charge is 0.336 e. The van der Waals surface area contributed by atoms with Crippen LogP contribution in [0.5, 0.6) is 0 Å². The Morgan fingerprint density at radius 3 is 2.75 bits per heavy atom. The summed E-state index contributed by atoms with van der Waals surface area (Å²) in [6.07, 6.45) is 7.57.